The summed E-state index contributed by atoms with van der Waals surface area (Å²) in [5.74, 6) is 1.84. The van der Waals surface area contributed by atoms with Crippen molar-refractivity contribution in [3.05, 3.63) is 24.2 Å². The van der Waals surface area contributed by atoms with Crippen LogP contribution in [0.3, 0.4) is 0 Å². The summed E-state index contributed by atoms with van der Waals surface area (Å²) in [6, 6.07) is 4.29. The van der Waals surface area contributed by atoms with Gasteiger partial charge in [0.25, 0.3) is 0 Å². The number of aromatic nitrogens is 4. The summed E-state index contributed by atoms with van der Waals surface area (Å²) in [5.41, 5.74) is 7.20. The van der Waals surface area contributed by atoms with E-state index in [0.717, 1.165) is 17.3 Å². The summed E-state index contributed by atoms with van der Waals surface area (Å²) in [7, 11) is 0. The topological polar surface area (TPSA) is 69.6 Å². The summed E-state index contributed by atoms with van der Waals surface area (Å²) >= 11 is 0. The standard InChI is InChI=1S/C14H19N5/c1-10-17-18-14(13-8-7-11(15)9-16-13)19(10)12-5-3-2-4-6-12/h7-9,12H,2-6,15H2,1H3. The monoisotopic (exact) mass is 257 g/mol. The Morgan fingerprint density at radius 1 is 1.16 bits per heavy atom. The van der Waals surface area contributed by atoms with Gasteiger partial charge in [-0.05, 0) is 31.9 Å². The molecule has 0 unspecified atom stereocenters. The first-order chi connectivity index (χ1) is 9.25. The molecule has 5 nitrogen and oxygen atoms in total. The quantitative estimate of drug-likeness (QED) is 0.898. The predicted molar refractivity (Wildman–Crippen MR) is 74.5 cm³/mol. The molecule has 2 heterocycles. The second-order valence-corrected chi connectivity index (χ2v) is 5.21. The van der Waals surface area contributed by atoms with Gasteiger partial charge in [-0.25, -0.2) is 0 Å². The second kappa shape index (κ2) is 4.99. The minimum Gasteiger partial charge on any atom is -0.397 e. The van der Waals surface area contributed by atoms with Crippen LogP contribution in [0.1, 0.15) is 44.0 Å². The number of hydrogen-bond donors (Lipinski definition) is 1. The zero-order valence-electron chi connectivity index (χ0n) is 11.2. The molecule has 2 N–H and O–H groups in total. The van der Waals surface area contributed by atoms with E-state index in [1.54, 1.807) is 6.20 Å². The summed E-state index contributed by atoms with van der Waals surface area (Å²) in [6.07, 6.45) is 8.01. The Kier molecular flexibility index (Phi) is 3.19. The van der Waals surface area contributed by atoms with Gasteiger partial charge in [-0.15, -0.1) is 10.2 Å². The fourth-order valence-corrected chi connectivity index (χ4v) is 2.86. The van der Waals surface area contributed by atoms with Gasteiger partial charge in [0.15, 0.2) is 5.82 Å². The van der Waals surface area contributed by atoms with Gasteiger partial charge in [0.2, 0.25) is 0 Å². The van der Waals surface area contributed by atoms with Crippen LogP contribution in [0.5, 0.6) is 0 Å². The van der Waals surface area contributed by atoms with Crippen molar-refractivity contribution in [2.75, 3.05) is 5.73 Å². The Morgan fingerprint density at radius 2 is 1.95 bits per heavy atom. The van der Waals surface area contributed by atoms with E-state index in [1.165, 1.54) is 32.1 Å². The van der Waals surface area contributed by atoms with Crippen molar-refractivity contribution in [2.45, 2.75) is 45.1 Å². The van der Waals surface area contributed by atoms with E-state index in [-0.39, 0.29) is 0 Å². The van der Waals surface area contributed by atoms with Crippen molar-refractivity contribution in [3.63, 3.8) is 0 Å². The predicted octanol–water partition coefficient (Wildman–Crippen LogP) is 2.74. The largest absolute Gasteiger partial charge is 0.397 e. The maximum absolute atomic E-state index is 5.69. The highest BCUT2D eigenvalue weighted by Crippen LogP contribution is 2.32. The van der Waals surface area contributed by atoms with Crippen molar-refractivity contribution in [2.24, 2.45) is 0 Å². The van der Waals surface area contributed by atoms with E-state index in [2.05, 4.69) is 19.7 Å². The van der Waals surface area contributed by atoms with Gasteiger partial charge in [0, 0.05) is 6.04 Å². The molecule has 1 aliphatic carbocycles. The molecular formula is C14H19N5. The molecule has 2 aromatic heterocycles. The van der Waals surface area contributed by atoms with Crippen molar-refractivity contribution < 1.29 is 0 Å². The summed E-state index contributed by atoms with van der Waals surface area (Å²) in [4.78, 5) is 4.37. The summed E-state index contributed by atoms with van der Waals surface area (Å²) in [6.45, 7) is 2.02. The highest BCUT2D eigenvalue weighted by atomic mass is 15.3. The summed E-state index contributed by atoms with van der Waals surface area (Å²) < 4.78 is 2.25. The van der Waals surface area contributed by atoms with E-state index in [9.17, 15) is 0 Å². The minimum absolute atomic E-state index is 0.512. The van der Waals surface area contributed by atoms with Crippen molar-refractivity contribution in [1.29, 1.82) is 0 Å². The van der Waals surface area contributed by atoms with Crippen LogP contribution >= 0.6 is 0 Å². The first-order valence-electron chi connectivity index (χ1n) is 6.89. The van der Waals surface area contributed by atoms with Crippen molar-refractivity contribution in [1.82, 2.24) is 19.7 Å². The molecule has 0 bridgehead atoms. The lowest BCUT2D eigenvalue weighted by Crippen LogP contribution is -2.15. The molecular weight excluding hydrogens is 238 g/mol. The number of nitrogen functional groups attached to an aromatic ring is 1. The van der Waals surface area contributed by atoms with Crippen LogP contribution in [0.4, 0.5) is 5.69 Å². The molecule has 1 aliphatic rings. The van der Waals surface area contributed by atoms with E-state index in [0.29, 0.717) is 11.7 Å². The Labute approximate surface area is 112 Å². The Hall–Kier alpha value is -1.91. The lowest BCUT2D eigenvalue weighted by molar-refractivity contribution is 0.350. The first kappa shape index (κ1) is 12.1. The fraction of sp³-hybridized carbons (Fsp3) is 0.500. The number of nitrogens with two attached hydrogens (primary N) is 1. The number of anilines is 1. The molecule has 2 aromatic rings. The average molecular weight is 257 g/mol. The van der Waals surface area contributed by atoms with Crippen molar-refractivity contribution >= 4 is 5.69 Å². The van der Waals surface area contributed by atoms with Gasteiger partial charge in [0.1, 0.15) is 11.5 Å². The van der Waals surface area contributed by atoms with Crippen LogP contribution in [0, 0.1) is 6.92 Å². The van der Waals surface area contributed by atoms with Crippen LogP contribution in [0.2, 0.25) is 0 Å². The van der Waals surface area contributed by atoms with Crippen LogP contribution in [0.25, 0.3) is 11.5 Å². The molecule has 0 atom stereocenters. The molecule has 19 heavy (non-hydrogen) atoms. The smallest absolute Gasteiger partial charge is 0.182 e. The highest BCUT2D eigenvalue weighted by Gasteiger charge is 2.22. The first-order valence-corrected chi connectivity index (χ1v) is 6.89. The maximum atomic E-state index is 5.69. The number of nitrogens with zero attached hydrogens (tertiary/aromatic N) is 4. The van der Waals surface area contributed by atoms with Gasteiger partial charge in [0.05, 0.1) is 11.9 Å². The SMILES string of the molecule is Cc1nnc(-c2ccc(N)cn2)n1C1CCCCC1. The van der Waals surface area contributed by atoms with Crippen LogP contribution in [0.15, 0.2) is 18.3 Å². The van der Waals surface area contributed by atoms with Gasteiger partial charge < -0.3 is 10.3 Å². The molecule has 0 aliphatic heterocycles. The number of pyridine rings is 1. The highest BCUT2D eigenvalue weighted by molar-refractivity contribution is 5.52. The lowest BCUT2D eigenvalue weighted by atomic mass is 9.95. The third kappa shape index (κ3) is 2.32. The Bertz CT molecular complexity index is 552. The van der Waals surface area contributed by atoms with Gasteiger partial charge >= 0.3 is 0 Å². The molecule has 0 saturated heterocycles. The zero-order chi connectivity index (χ0) is 13.2. The average Bonchev–Trinajstić information content (AvgIpc) is 2.82. The summed E-state index contributed by atoms with van der Waals surface area (Å²) in [5, 5.41) is 8.53. The van der Waals surface area contributed by atoms with Gasteiger partial charge in [-0.1, -0.05) is 19.3 Å². The molecule has 100 valence electrons. The minimum atomic E-state index is 0.512. The third-order valence-electron chi connectivity index (χ3n) is 3.82. The second-order valence-electron chi connectivity index (χ2n) is 5.21. The van der Waals surface area contributed by atoms with E-state index in [1.807, 2.05) is 19.1 Å². The van der Waals surface area contributed by atoms with Crippen molar-refractivity contribution in [3.8, 4) is 11.5 Å². The molecule has 1 fully saturated rings. The molecule has 0 spiro atoms. The molecule has 3 rings (SSSR count). The third-order valence-corrected chi connectivity index (χ3v) is 3.82. The Balaban J connectivity index is 1.99. The van der Waals surface area contributed by atoms with E-state index < -0.39 is 0 Å². The van der Waals surface area contributed by atoms with Crippen LogP contribution in [-0.2, 0) is 0 Å². The Morgan fingerprint density at radius 3 is 2.63 bits per heavy atom. The zero-order valence-corrected chi connectivity index (χ0v) is 11.2. The number of hydrogen-bond acceptors (Lipinski definition) is 4. The molecule has 5 heteroatoms. The lowest BCUT2D eigenvalue weighted by Gasteiger charge is -2.25. The molecule has 0 radical (unpaired) electrons. The maximum Gasteiger partial charge on any atom is 0.182 e. The number of aryl methyl sites for hydroxylation is 1. The van der Waals surface area contributed by atoms with E-state index >= 15 is 0 Å². The normalized spacial score (nSPS) is 16.7. The van der Waals surface area contributed by atoms with Crippen LogP contribution in [-0.4, -0.2) is 19.7 Å². The molecule has 0 aromatic carbocycles. The van der Waals surface area contributed by atoms with E-state index in [4.69, 9.17) is 5.73 Å². The van der Waals surface area contributed by atoms with Crippen LogP contribution < -0.4 is 5.73 Å². The fourth-order valence-electron chi connectivity index (χ4n) is 2.86. The number of rotatable bonds is 2. The van der Waals surface area contributed by atoms with Gasteiger partial charge in [-0.3, -0.25) is 4.98 Å². The molecule has 0 amide bonds. The molecule has 1 saturated carbocycles. The van der Waals surface area contributed by atoms with Gasteiger partial charge in [-0.2, -0.15) is 0 Å².